The van der Waals surface area contributed by atoms with Crippen molar-refractivity contribution in [3.63, 3.8) is 0 Å². The molecule has 0 amide bonds. The average Bonchev–Trinajstić information content (AvgIpc) is 2.28. The van der Waals surface area contributed by atoms with Gasteiger partial charge in [-0.3, -0.25) is 9.89 Å². The van der Waals surface area contributed by atoms with Crippen molar-refractivity contribution in [2.24, 2.45) is 16.6 Å². The molecule has 4 nitrogen and oxygen atoms in total. The fourth-order valence-corrected chi connectivity index (χ4v) is 3.10. The lowest BCUT2D eigenvalue weighted by Crippen LogP contribution is -2.41. The highest BCUT2D eigenvalue weighted by Gasteiger charge is 2.16. The van der Waals surface area contributed by atoms with Crippen molar-refractivity contribution < 1.29 is 0 Å². The van der Waals surface area contributed by atoms with Crippen LogP contribution < -0.4 is 11.1 Å². The summed E-state index contributed by atoms with van der Waals surface area (Å²) in [4.78, 5) is 6.88. The van der Waals surface area contributed by atoms with Crippen LogP contribution in [0.3, 0.4) is 0 Å². The van der Waals surface area contributed by atoms with E-state index in [1.54, 1.807) is 0 Å². The highest BCUT2D eigenvalue weighted by Crippen LogP contribution is 2.26. The van der Waals surface area contributed by atoms with Crippen molar-refractivity contribution in [2.45, 2.75) is 19.3 Å². The van der Waals surface area contributed by atoms with Gasteiger partial charge in [0, 0.05) is 44.2 Å². The summed E-state index contributed by atoms with van der Waals surface area (Å²) in [6.07, 6.45) is 4.05. The first-order valence-electron chi connectivity index (χ1n) is 6.68. The van der Waals surface area contributed by atoms with E-state index in [0.29, 0.717) is 5.96 Å². The molecule has 1 saturated heterocycles. The van der Waals surface area contributed by atoms with Crippen LogP contribution in [0.4, 0.5) is 0 Å². The van der Waals surface area contributed by atoms with Crippen LogP contribution in [-0.2, 0) is 0 Å². The average molecular weight is 256 g/mol. The maximum absolute atomic E-state index is 5.83. The molecule has 0 radical (unpaired) electrons. The topological polar surface area (TPSA) is 53.6 Å². The molecule has 2 rings (SSSR count). The van der Waals surface area contributed by atoms with Gasteiger partial charge in [-0.25, -0.2) is 0 Å². The molecule has 5 heteroatoms. The van der Waals surface area contributed by atoms with Crippen molar-refractivity contribution in [1.29, 1.82) is 0 Å². The Bertz CT molecular complexity index is 247. The summed E-state index contributed by atoms with van der Waals surface area (Å²) in [5, 5.41) is 3.21. The van der Waals surface area contributed by atoms with Gasteiger partial charge in [0.1, 0.15) is 0 Å². The minimum atomic E-state index is 0.628. The molecule has 0 aromatic carbocycles. The van der Waals surface area contributed by atoms with Crippen LogP contribution in [0, 0.1) is 5.92 Å². The lowest BCUT2D eigenvalue weighted by molar-refractivity contribution is 0.306. The van der Waals surface area contributed by atoms with Gasteiger partial charge in [0.05, 0.1) is 0 Å². The maximum atomic E-state index is 5.83. The molecule has 1 saturated carbocycles. The van der Waals surface area contributed by atoms with Gasteiger partial charge >= 0.3 is 0 Å². The van der Waals surface area contributed by atoms with E-state index in [2.05, 4.69) is 15.2 Å². The molecule has 17 heavy (non-hydrogen) atoms. The minimum Gasteiger partial charge on any atom is -0.370 e. The minimum absolute atomic E-state index is 0.628. The van der Waals surface area contributed by atoms with Crippen molar-refractivity contribution in [2.75, 3.05) is 44.2 Å². The number of hydrogen-bond donors (Lipinski definition) is 2. The van der Waals surface area contributed by atoms with E-state index in [1.807, 2.05) is 11.8 Å². The van der Waals surface area contributed by atoms with Gasteiger partial charge in [-0.15, -0.1) is 0 Å². The van der Waals surface area contributed by atoms with Gasteiger partial charge in [0.25, 0.3) is 0 Å². The first-order valence-corrected chi connectivity index (χ1v) is 7.84. The van der Waals surface area contributed by atoms with Gasteiger partial charge < -0.3 is 11.1 Å². The van der Waals surface area contributed by atoms with E-state index in [4.69, 9.17) is 5.73 Å². The van der Waals surface area contributed by atoms with Gasteiger partial charge in [0.15, 0.2) is 5.96 Å². The fraction of sp³-hybridized carbons (Fsp3) is 0.917. The van der Waals surface area contributed by atoms with Gasteiger partial charge in [0.2, 0.25) is 0 Å². The maximum Gasteiger partial charge on any atom is 0.188 e. The van der Waals surface area contributed by atoms with Gasteiger partial charge in [-0.05, 0) is 18.8 Å². The SMILES string of the molecule is NC(=NCC1CCC1)NCCN1CCSCC1. The third-order valence-corrected chi connectivity index (χ3v) is 4.52. The fourth-order valence-electron chi connectivity index (χ4n) is 2.13. The smallest absolute Gasteiger partial charge is 0.188 e. The van der Waals surface area contributed by atoms with Crippen molar-refractivity contribution in [1.82, 2.24) is 10.2 Å². The molecule has 1 aliphatic carbocycles. The number of nitrogens with one attached hydrogen (secondary N) is 1. The van der Waals surface area contributed by atoms with E-state index in [0.717, 1.165) is 25.6 Å². The Morgan fingerprint density at radius 2 is 2.12 bits per heavy atom. The molecule has 3 N–H and O–H groups in total. The summed E-state index contributed by atoms with van der Waals surface area (Å²) in [6, 6.07) is 0. The van der Waals surface area contributed by atoms with Crippen LogP contribution in [0.15, 0.2) is 4.99 Å². The molecule has 0 atom stereocenters. The van der Waals surface area contributed by atoms with E-state index in [1.165, 1.54) is 43.9 Å². The Morgan fingerprint density at radius 3 is 2.76 bits per heavy atom. The summed E-state index contributed by atoms with van der Waals surface area (Å²) in [5.74, 6) is 3.97. The summed E-state index contributed by atoms with van der Waals surface area (Å²) < 4.78 is 0. The monoisotopic (exact) mass is 256 g/mol. The van der Waals surface area contributed by atoms with Crippen molar-refractivity contribution in [3.8, 4) is 0 Å². The van der Waals surface area contributed by atoms with Crippen LogP contribution in [0.2, 0.25) is 0 Å². The number of hydrogen-bond acceptors (Lipinski definition) is 3. The molecule has 1 aliphatic heterocycles. The zero-order valence-corrected chi connectivity index (χ0v) is 11.3. The lowest BCUT2D eigenvalue weighted by Gasteiger charge is -2.26. The summed E-state index contributed by atoms with van der Waals surface area (Å²) in [6.45, 7) is 5.35. The largest absolute Gasteiger partial charge is 0.370 e. The summed E-state index contributed by atoms with van der Waals surface area (Å²) in [5.41, 5.74) is 5.83. The molecule has 0 spiro atoms. The molecule has 2 fully saturated rings. The Hall–Kier alpha value is -0.420. The molecule has 2 aliphatic rings. The van der Waals surface area contributed by atoms with Crippen LogP contribution >= 0.6 is 11.8 Å². The summed E-state index contributed by atoms with van der Waals surface area (Å²) in [7, 11) is 0. The molecular formula is C12H24N4S. The molecule has 0 unspecified atom stereocenters. The van der Waals surface area contributed by atoms with Gasteiger partial charge in [-0.1, -0.05) is 6.42 Å². The summed E-state index contributed by atoms with van der Waals surface area (Å²) >= 11 is 2.05. The van der Waals surface area contributed by atoms with E-state index in [-0.39, 0.29) is 0 Å². The van der Waals surface area contributed by atoms with E-state index < -0.39 is 0 Å². The molecule has 1 heterocycles. The second-order valence-electron chi connectivity index (χ2n) is 4.90. The van der Waals surface area contributed by atoms with Crippen LogP contribution in [0.1, 0.15) is 19.3 Å². The number of aliphatic imine (C=N–C) groups is 1. The first-order chi connectivity index (χ1) is 8.34. The zero-order valence-electron chi connectivity index (χ0n) is 10.5. The normalized spacial score (nSPS) is 23.4. The second-order valence-corrected chi connectivity index (χ2v) is 6.13. The molecule has 0 bridgehead atoms. The number of thioether (sulfide) groups is 1. The predicted octanol–water partition coefficient (Wildman–Crippen LogP) is 0.740. The standard InChI is InChI=1S/C12H24N4S/c13-12(15-10-11-2-1-3-11)14-4-5-16-6-8-17-9-7-16/h11H,1-10H2,(H3,13,14,15). The van der Waals surface area contributed by atoms with Crippen molar-refractivity contribution >= 4 is 17.7 Å². The first kappa shape index (κ1) is 13.0. The van der Waals surface area contributed by atoms with Crippen LogP contribution in [-0.4, -0.2) is 55.1 Å². The molecular weight excluding hydrogens is 232 g/mol. The highest BCUT2D eigenvalue weighted by atomic mass is 32.2. The number of guanidine groups is 1. The quantitative estimate of drug-likeness (QED) is 0.563. The number of nitrogens with two attached hydrogens (primary N) is 1. The molecule has 0 aromatic rings. The Balaban J connectivity index is 1.53. The third kappa shape index (κ3) is 4.76. The molecule has 0 aromatic heterocycles. The molecule has 98 valence electrons. The second kappa shape index (κ2) is 7.11. The Labute approximate surface area is 108 Å². The lowest BCUT2D eigenvalue weighted by atomic mass is 9.86. The van der Waals surface area contributed by atoms with Crippen LogP contribution in [0.25, 0.3) is 0 Å². The third-order valence-electron chi connectivity index (χ3n) is 3.58. The van der Waals surface area contributed by atoms with E-state index >= 15 is 0 Å². The Kier molecular flexibility index (Phi) is 5.45. The zero-order chi connectivity index (χ0) is 11.9. The van der Waals surface area contributed by atoms with E-state index in [9.17, 15) is 0 Å². The Morgan fingerprint density at radius 1 is 1.35 bits per heavy atom. The number of nitrogens with zero attached hydrogens (tertiary/aromatic N) is 2. The van der Waals surface area contributed by atoms with Gasteiger partial charge in [-0.2, -0.15) is 11.8 Å². The highest BCUT2D eigenvalue weighted by molar-refractivity contribution is 7.99. The van der Waals surface area contributed by atoms with Crippen LogP contribution in [0.5, 0.6) is 0 Å². The number of rotatable bonds is 5. The van der Waals surface area contributed by atoms with Crippen molar-refractivity contribution in [3.05, 3.63) is 0 Å². The predicted molar refractivity (Wildman–Crippen MR) is 75.6 cm³/mol.